The summed E-state index contributed by atoms with van der Waals surface area (Å²) in [5.74, 6) is 1.50. The smallest absolute Gasteiger partial charge is 0.241 e. The summed E-state index contributed by atoms with van der Waals surface area (Å²) in [6.07, 6.45) is 3.05. The van der Waals surface area contributed by atoms with Gasteiger partial charge in [0, 0.05) is 17.8 Å². The minimum Gasteiger partial charge on any atom is -0.493 e. The minimum atomic E-state index is -0.141. The lowest BCUT2D eigenvalue weighted by Gasteiger charge is -2.23. The number of rotatable bonds is 5. The van der Waals surface area contributed by atoms with Gasteiger partial charge in [0.2, 0.25) is 11.7 Å². The van der Waals surface area contributed by atoms with Crippen molar-refractivity contribution in [2.45, 2.75) is 25.3 Å². The number of piperidine rings is 1. The molecule has 1 aliphatic heterocycles. The quantitative estimate of drug-likeness (QED) is 0.866. The van der Waals surface area contributed by atoms with Crippen LogP contribution in [-0.4, -0.2) is 39.8 Å². The number of benzene rings is 1. The molecule has 0 saturated carbocycles. The molecular weight excluding hydrogens is 308 g/mol. The average molecular weight is 331 g/mol. The number of carbonyl (C=O) groups is 1. The maximum absolute atomic E-state index is 12.2. The molecule has 1 heterocycles. The van der Waals surface area contributed by atoms with Gasteiger partial charge >= 0.3 is 0 Å². The van der Waals surface area contributed by atoms with Crippen LogP contribution in [0.4, 0.5) is 5.69 Å². The molecule has 124 valence electrons. The Morgan fingerprint density at radius 2 is 1.77 bits per heavy atom. The second-order valence-corrected chi connectivity index (χ2v) is 4.91. The van der Waals surface area contributed by atoms with Crippen molar-refractivity contribution >= 4 is 24.0 Å². The Labute approximate surface area is 136 Å². The van der Waals surface area contributed by atoms with Gasteiger partial charge < -0.3 is 24.8 Å². The third kappa shape index (κ3) is 4.18. The van der Waals surface area contributed by atoms with E-state index in [1.165, 1.54) is 0 Å². The molecular formula is C15H23ClN2O4. The minimum absolute atomic E-state index is 0. The van der Waals surface area contributed by atoms with Crippen LogP contribution in [0.5, 0.6) is 17.2 Å². The largest absolute Gasteiger partial charge is 0.493 e. The Hall–Kier alpha value is -1.66. The molecule has 0 aromatic heterocycles. The van der Waals surface area contributed by atoms with Crippen molar-refractivity contribution in [1.82, 2.24) is 5.32 Å². The van der Waals surface area contributed by atoms with Gasteiger partial charge in [-0.3, -0.25) is 4.79 Å². The van der Waals surface area contributed by atoms with Crippen LogP contribution in [0.1, 0.15) is 19.3 Å². The second kappa shape index (κ2) is 8.70. The molecule has 1 fully saturated rings. The summed E-state index contributed by atoms with van der Waals surface area (Å²) in [7, 11) is 4.64. The number of ether oxygens (including phenoxy) is 3. The van der Waals surface area contributed by atoms with Gasteiger partial charge in [0.1, 0.15) is 0 Å². The van der Waals surface area contributed by atoms with Crippen molar-refractivity contribution in [3.8, 4) is 17.2 Å². The molecule has 1 aromatic rings. The SMILES string of the molecule is COc1cc(NC(=O)C2CCCCN2)cc(OC)c1OC.Cl. The fourth-order valence-electron chi connectivity index (χ4n) is 2.46. The molecule has 0 spiro atoms. The van der Waals surface area contributed by atoms with E-state index in [1.54, 1.807) is 33.5 Å². The number of methoxy groups -OCH3 is 3. The summed E-state index contributed by atoms with van der Waals surface area (Å²) >= 11 is 0. The molecule has 1 amide bonds. The van der Waals surface area contributed by atoms with Crippen molar-refractivity contribution in [3.63, 3.8) is 0 Å². The van der Waals surface area contributed by atoms with Crippen LogP contribution in [-0.2, 0) is 4.79 Å². The van der Waals surface area contributed by atoms with Crippen molar-refractivity contribution in [1.29, 1.82) is 0 Å². The molecule has 2 N–H and O–H groups in total. The van der Waals surface area contributed by atoms with Crippen LogP contribution >= 0.6 is 12.4 Å². The maximum Gasteiger partial charge on any atom is 0.241 e. The molecule has 6 nitrogen and oxygen atoms in total. The molecule has 0 bridgehead atoms. The first-order chi connectivity index (χ1) is 10.2. The second-order valence-electron chi connectivity index (χ2n) is 4.91. The van der Waals surface area contributed by atoms with Crippen molar-refractivity contribution in [2.24, 2.45) is 0 Å². The van der Waals surface area contributed by atoms with E-state index in [1.807, 2.05) is 0 Å². The maximum atomic E-state index is 12.2. The lowest BCUT2D eigenvalue weighted by atomic mass is 10.0. The van der Waals surface area contributed by atoms with Gasteiger partial charge in [-0.15, -0.1) is 12.4 Å². The van der Waals surface area contributed by atoms with Crippen molar-refractivity contribution in [2.75, 3.05) is 33.2 Å². The van der Waals surface area contributed by atoms with Gasteiger partial charge in [-0.2, -0.15) is 0 Å². The molecule has 1 aromatic carbocycles. The van der Waals surface area contributed by atoms with Crippen molar-refractivity contribution < 1.29 is 19.0 Å². The fraction of sp³-hybridized carbons (Fsp3) is 0.533. The summed E-state index contributed by atoms with van der Waals surface area (Å²) < 4.78 is 15.8. The molecule has 1 saturated heterocycles. The van der Waals surface area contributed by atoms with E-state index in [0.717, 1.165) is 25.8 Å². The Morgan fingerprint density at radius 1 is 1.14 bits per heavy atom. The van der Waals surface area contributed by atoms with E-state index < -0.39 is 0 Å². The topological polar surface area (TPSA) is 68.8 Å². The first-order valence-electron chi connectivity index (χ1n) is 7.04. The molecule has 22 heavy (non-hydrogen) atoms. The highest BCUT2D eigenvalue weighted by molar-refractivity contribution is 5.95. The summed E-state index contributed by atoms with van der Waals surface area (Å²) in [5, 5.41) is 6.12. The zero-order valence-corrected chi connectivity index (χ0v) is 13.9. The molecule has 1 atom stereocenters. The summed E-state index contributed by atoms with van der Waals surface area (Å²) in [4.78, 5) is 12.2. The van der Waals surface area contributed by atoms with Gasteiger partial charge in [0.05, 0.1) is 27.4 Å². The highest BCUT2D eigenvalue weighted by Gasteiger charge is 2.21. The molecule has 2 rings (SSSR count). The van der Waals surface area contributed by atoms with Crippen LogP contribution in [0.15, 0.2) is 12.1 Å². The molecule has 1 unspecified atom stereocenters. The Bertz CT molecular complexity index is 479. The van der Waals surface area contributed by atoms with Crippen molar-refractivity contribution in [3.05, 3.63) is 12.1 Å². The summed E-state index contributed by atoms with van der Waals surface area (Å²) in [6, 6.07) is 3.31. The molecule has 1 aliphatic rings. The first kappa shape index (κ1) is 18.4. The van der Waals surface area contributed by atoms with Crippen LogP contribution < -0.4 is 24.8 Å². The standard InChI is InChI=1S/C15H22N2O4.ClH/c1-19-12-8-10(9-13(20-2)14(12)21-3)17-15(18)11-6-4-5-7-16-11;/h8-9,11,16H,4-7H2,1-3H3,(H,17,18);1H. The highest BCUT2D eigenvalue weighted by Crippen LogP contribution is 2.39. The summed E-state index contributed by atoms with van der Waals surface area (Å²) in [5.41, 5.74) is 0.627. The number of amides is 1. The van der Waals surface area contributed by atoms with Crippen LogP contribution in [0.2, 0.25) is 0 Å². The number of hydrogen-bond donors (Lipinski definition) is 2. The lowest BCUT2D eigenvalue weighted by Crippen LogP contribution is -2.43. The molecule has 7 heteroatoms. The fourth-order valence-corrected chi connectivity index (χ4v) is 2.46. The van der Waals surface area contributed by atoms with E-state index >= 15 is 0 Å². The Balaban J connectivity index is 0.00000242. The number of carbonyl (C=O) groups excluding carboxylic acids is 1. The number of nitrogens with one attached hydrogen (secondary N) is 2. The van der Waals surface area contributed by atoms with E-state index in [-0.39, 0.29) is 24.4 Å². The predicted molar refractivity (Wildman–Crippen MR) is 87.6 cm³/mol. The number of anilines is 1. The van der Waals surface area contributed by atoms with Gasteiger partial charge in [-0.25, -0.2) is 0 Å². The number of hydrogen-bond acceptors (Lipinski definition) is 5. The normalized spacial score (nSPS) is 17.1. The zero-order valence-electron chi connectivity index (χ0n) is 13.1. The van der Waals surface area contributed by atoms with Gasteiger partial charge in [-0.05, 0) is 19.4 Å². The van der Waals surface area contributed by atoms with E-state index in [4.69, 9.17) is 14.2 Å². The van der Waals surface area contributed by atoms with E-state index in [9.17, 15) is 4.79 Å². The van der Waals surface area contributed by atoms with Crippen LogP contribution in [0, 0.1) is 0 Å². The third-order valence-corrected chi connectivity index (χ3v) is 3.56. The van der Waals surface area contributed by atoms with Gasteiger partial charge in [-0.1, -0.05) is 6.42 Å². The molecule has 0 aliphatic carbocycles. The Kier molecular flexibility index (Phi) is 7.27. The summed E-state index contributed by atoms with van der Waals surface area (Å²) in [6.45, 7) is 0.882. The van der Waals surface area contributed by atoms with Gasteiger partial charge in [0.15, 0.2) is 11.5 Å². The van der Waals surface area contributed by atoms with E-state index in [2.05, 4.69) is 10.6 Å². The Morgan fingerprint density at radius 3 is 2.23 bits per heavy atom. The zero-order chi connectivity index (χ0) is 15.2. The monoisotopic (exact) mass is 330 g/mol. The lowest BCUT2D eigenvalue weighted by molar-refractivity contribution is -0.118. The average Bonchev–Trinajstić information content (AvgIpc) is 2.54. The highest BCUT2D eigenvalue weighted by atomic mass is 35.5. The first-order valence-corrected chi connectivity index (χ1v) is 7.04. The third-order valence-electron chi connectivity index (χ3n) is 3.56. The number of halogens is 1. The van der Waals surface area contributed by atoms with E-state index in [0.29, 0.717) is 22.9 Å². The van der Waals surface area contributed by atoms with Gasteiger partial charge in [0.25, 0.3) is 0 Å². The van der Waals surface area contributed by atoms with Crippen LogP contribution in [0.25, 0.3) is 0 Å². The molecule has 0 radical (unpaired) electrons. The van der Waals surface area contributed by atoms with Crippen LogP contribution in [0.3, 0.4) is 0 Å². The predicted octanol–water partition coefficient (Wildman–Crippen LogP) is 2.21.